The minimum atomic E-state index is -0.238. The number of ether oxygens (including phenoxy) is 1. The van der Waals surface area contributed by atoms with Crippen LogP contribution in [-0.2, 0) is 9.53 Å². The summed E-state index contributed by atoms with van der Waals surface area (Å²) < 4.78 is 5.68. The number of carbonyl (C=O) groups excluding carboxylic acids is 1. The van der Waals surface area contributed by atoms with Crippen molar-refractivity contribution in [3.05, 3.63) is 16.7 Å². The second-order valence-corrected chi connectivity index (χ2v) is 6.61. The van der Waals surface area contributed by atoms with Crippen LogP contribution in [0.2, 0.25) is 0 Å². The van der Waals surface area contributed by atoms with Crippen molar-refractivity contribution in [1.29, 1.82) is 0 Å². The molecule has 1 N–H and O–H groups in total. The third-order valence-electron chi connectivity index (χ3n) is 4.04. The molecule has 0 aromatic carbocycles. The van der Waals surface area contributed by atoms with Gasteiger partial charge < -0.3 is 9.64 Å². The minimum absolute atomic E-state index is 0.238. The molecule has 1 fully saturated rings. The number of nitrogens with zero attached hydrogens (tertiary/aromatic N) is 3. The van der Waals surface area contributed by atoms with E-state index in [9.17, 15) is 4.79 Å². The van der Waals surface area contributed by atoms with E-state index < -0.39 is 0 Å². The number of aromatic nitrogens is 2. The molecule has 0 atom stereocenters. The number of carbonyl (C=O) groups is 1. The van der Waals surface area contributed by atoms with E-state index in [0.29, 0.717) is 18.7 Å². The van der Waals surface area contributed by atoms with E-state index >= 15 is 0 Å². The Kier molecular flexibility index (Phi) is 6.57. The lowest BCUT2D eigenvalue weighted by molar-refractivity contribution is -0.142. The van der Waals surface area contributed by atoms with E-state index in [1.54, 1.807) is 0 Å². The fraction of sp³-hybridized carbons (Fsp3) is 0.667. The van der Waals surface area contributed by atoms with Crippen LogP contribution in [0.15, 0.2) is 16.7 Å². The zero-order valence-corrected chi connectivity index (χ0v) is 14.7. The lowest BCUT2D eigenvalue weighted by Crippen LogP contribution is -2.37. The largest absolute Gasteiger partial charge is 0.450 e. The molecular weight excluding hydrogens is 348 g/mol. The standard InChI is InChI=1S/C15H23BrN4O2/c1-11(21)22-10-17-13-5-3-12(4-6-13)9-20(2)15-8-7-14(16)18-19-15/h7-8,12-13,17H,3-6,9-10H2,1-2H3. The molecule has 0 bridgehead atoms. The first kappa shape index (κ1) is 17.1. The average molecular weight is 371 g/mol. The molecule has 1 saturated carbocycles. The Bertz CT molecular complexity index is 475. The zero-order chi connectivity index (χ0) is 15.9. The van der Waals surface area contributed by atoms with Gasteiger partial charge in [0.15, 0.2) is 5.82 Å². The Labute approximate surface area is 139 Å². The van der Waals surface area contributed by atoms with E-state index in [-0.39, 0.29) is 5.97 Å². The van der Waals surface area contributed by atoms with Crippen LogP contribution in [0.4, 0.5) is 5.82 Å². The molecule has 1 aromatic rings. The Morgan fingerprint density at radius 1 is 1.36 bits per heavy atom. The minimum Gasteiger partial charge on any atom is -0.450 e. The molecule has 6 nitrogen and oxygen atoms in total. The second kappa shape index (κ2) is 8.43. The van der Waals surface area contributed by atoms with Crippen LogP contribution in [-0.4, -0.2) is 42.5 Å². The molecule has 0 saturated heterocycles. The van der Waals surface area contributed by atoms with Crippen LogP contribution in [0.5, 0.6) is 0 Å². The number of hydrogen-bond donors (Lipinski definition) is 1. The predicted molar refractivity (Wildman–Crippen MR) is 88.5 cm³/mol. The predicted octanol–water partition coefficient (Wildman–Crippen LogP) is 2.34. The van der Waals surface area contributed by atoms with Crippen LogP contribution < -0.4 is 10.2 Å². The summed E-state index contributed by atoms with van der Waals surface area (Å²) in [6, 6.07) is 4.34. The molecule has 0 radical (unpaired) electrons. The van der Waals surface area contributed by atoms with Gasteiger partial charge in [-0.3, -0.25) is 10.1 Å². The van der Waals surface area contributed by atoms with Gasteiger partial charge in [0.1, 0.15) is 11.3 Å². The van der Waals surface area contributed by atoms with Gasteiger partial charge in [-0.2, -0.15) is 0 Å². The number of nitrogens with one attached hydrogen (secondary N) is 1. The van der Waals surface area contributed by atoms with E-state index in [1.165, 1.54) is 19.8 Å². The first-order valence-electron chi connectivity index (χ1n) is 7.61. The summed E-state index contributed by atoms with van der Waals surface area (Å²) in [6.07, 6.45) is 4.58. The van der Waals surface area contributed by atoms with Gasteiger partial charge in [0.05, 0.1) is 0 Å². The SMILES string of the molecule is CC(=O)OCNC1CCC(CN(C)c2ccc(Br)nn2)CC1. The fourth-order valence-corrected chi connectivity index (χ4v) is 3.02. The highest BCUT2D eigenvalue weighted by Crippen LogP contribution is 2.26. The Morgan fingerprint density at radius 2 is 2.09 bits per heavy atom. The van der Waals surface area contributed by atoms with Crippen molar-refractivity contribution in [3.63, 3.8) is 0 Å². The topological polar surface area (TPSA) is 67.3 Å². The van der Waals surface area contributed by atoms with Crippen molar-refractivity contribution in [2.45, 2.75) is 38.6 Å². The van der Waals surface area contributed by atoms with Crippen LogP contribution >= 0.6 is 15.9 Å². The average Bonchev–Trinajstić information content (AvgIpc) is 2.49. The van der Waals surface area contributed by atoms with E-state index in [0.717, 1.165) is 29.8 Å². The molecule has 7 heteroatoms. The monoisotopic (exact) mass is 370 g/mol. The van der Waals surface area contributed by atoms with Crippen molar-refractivity contribution < 1.29 is 9.53 Å². The van der Waals surface area contributed by atoms with Crippen molar-refractivity contribution in [1.82, 2.24) is 15.5 Å². The Morgan fingerprint density at radius 3 is 2.68 bits per heavy atom. The summed E-state index contributed by atoms with van der Waals surface area (Å²) in [4.78, 5) is 12.9. The highest BCUT2D eigenvalue weighted by Gasteiger charge is 2.22. The summed E-state index contributed by atoms with van der Waals surface area (Å²) in [6.45, 7) is 2.74. The molecule has 0 amide bonds. The second-order valence-electron chi connectivity index (χ2n) is 5.80. The number of anilines is 1. The lowest BCUT2D eigenvalue weighted by atomic mass is 9.86. The molecule has 122 valence electrons. The summed E-state index contributed by atoms with van der Waals surface area (Å²) in [7, 11) is 2.06. The van der Waals surface area contributed by atoms with Crippen LogP contribution in [0.25, 0.3) is 0 Å². The first-order chi connectivity index (χ1) is 10.5. The molecule has 1 aromatic heterocycles. The van der Waals surface area contributed by atoms with Crippen LogP contribution in [0.1, 0.15) is 32.6 Å². The van der Waals surface area contributed by atoms with E-state index in [4.69, 9.17) is 4.74 Å². The first-order valence-corrected chi connectivity index (χ1v) is 8.41. The van der Waals surface area contributed by atoms with Gasteiger partial charge in [0, 0.05) is 26.6 Å². The van der Waals surface area contributed by atoms with E-state index in [2.05, 4.69) is 43.4 Å². The molecule has 1 aliphatic carbocycles. The molecule has 22 heavy (non-hydrogen) atoms. The van der Waals surface area contributed by atoms with Gasteiger partial charge in [-0.25, -0.2) is 0 Å². The molecule has 0 unspecified atom stereocenters. The summed E-state index contributed by atoms with van der Waals surface area (Å²) in [5.74, 6) is 1.33. The fourth-order valence-electron chi connectivity index (χ4n) is 2.80. The smallest absolute Gasteiger partial charge is 0.303 e. The van der Waals surface area contributed by atoms with Crippen LogP contribution in [0, 0.1) is 5.92 Å². The molecule has 1 aliphatic rings. The number of rotatable bonds is 6. The van der Waals surface area contributed by atoms with Gasteiger partial charge in [0.2, 0.25) is 0 Å². The third kappa shape index (κ3) is 5.53. The molecule has 0 spiro atoms. The molecular formula is C15H23BrN4O2. The van der Waals surface area contributed by atoms with Gasteiger partial charge in [0.25, 0.3) is 0 Å². The maximum Gasteiger partial charge on any atom is 0.303 e. The Hall–Kier alpha value is -1.21. The number of halogens is 1. The summed E-state index contributed by atoms with van der Waals surface area (Å²) >= 11 is 3.30. The quantitative estimate of drug-likeness (QED) is 0.612. The van der Waals surface area contributed by atoms with E-state index in [1.807, 2.05) is 12.1 Å². The molecule has 2 rings (SSSR count). The maximum absolute atomic E-state index is 10.7. The highest BCUT2D eigenvalue weighted by molar-refractivity contribution is 9.10. The maximum atomic E-state index is 10.7. The highest BCUT2D eigenvalue weighted by atomic mass is 79.9. The number of hydrogen-bond acceptors (Lipinski definition) is 6. The summed E-state index contributed by atoms with van der Waals surface area (Å²) in [5, 5.41) is 11.5. The zero-order valence-electron chi connectivity index (χ0n) is 13.1. The number of esters is 1. The van der Waals surface area contributed by atoms with Crippen molar-refractivity contribution in [2.24, 2.45) is 5.92 Å². The van der Waals surface area contributed by atoms with Crippen molar-refractivity contribution >= 4 is 27.7 Å². The van der Waals surface area contributed by atoms with Gasteiger partial charge in [-0.15, -0.1) is 10.2 Å². The van der Waals surface area contributed by atoms with Crippen molar-refractivity contribution in [3.8, 4) is 0 Å². The molecule has 0 aliphatic heterocycles. The Balaban J connectivity index is 1.70. The van der Waals surface area contributed by atoms with Crippen LogP contribution in [0.3, 0.4) is 0 Å². The third-order valence-corrected chi connectivity index (χ3v) is 4.46. The lowest BCUT2D eigenvalue weighted by Gasteiger charge is -2.31. The van der Waals surface area contributed by atoms with Gasteiger partial charge >= 0.3 is 5.97 Å². The normalized spacial score (nSPS) is 21.4. The van der Waals surface area contributed by atoms with Crippen molar-refractivity contribution in [2.75, 3.05) is 25.2 Å². The van der Waals surface area contributed by atoms with Gasteiger partial charge in [-0.1, -0.05) is 0 Å². The summed E-state index contributed by atoms with van der Waals surface area (Å²) in [5.41, 5.74) is 0. The molecule has 1 heterocycles. The van der Waals surface area contributed by atoms with Gasteiger partial charge in [-0.05, 0) is 59.7 Å².